The Hall–Kier alpha value is -1.02. The topological polar surface area (TPSA) is 32.8 Å². The zero-order valence-electron chi connectivity index (χ0n) is 8.60. The van der Waals surface area contributed by atoms with Crippen LogP contribution in [0.3, 0.4) is 0 Å². The maximum Gasteiger partial charge on any atom is 0.118 e. The van der Waals surface area contributed by atoms with Gasteiger partial charge >= 0.3 is 0 Å². The van der Waals surface area contributed by atoms with Crippen molar-refractivity contribution in [1.82, 2.24) is 0 Å². The van der Waals surface area contributed by atoms with E-state index >= 15 is 0 Å². The zero-order chi connectivity index (χ0) is 10.1. The van der Waals surface area contributed by atoms with Gasteiger partial charge in [-0.3, -0.25) is 0 Å². The molecule has 3 unspecified atom stereocenters. The van der Waals surface area contributed by atoms with Crippen LogP contribution < -0.4 is 0 Å². The van der Waals surface area contributed by atoms with E-state index in [0.29, 0.717) is 23.9 Å². The molecule has 0 amide bonds. The highest BCUT2D eigenvalue weighted by atomic mass is 16.6. The van der Waals surface area contributed by atoms with Crippen LogP contribution in [0.5, 0.6) is 5.75 Å². The van der Waals surface area contributed by atoms with Crippen LogP contribution >= 0.6 is 0 Å². The molecule has 0 spiro atoms. The quantitative estimate of drug-likeness (QED) is 0.746. The molecule has 14 heavy (non-hydrogen) atoms. The summed E-state index contributed by atoms with van der Waals surface area (Å²) in [6.07, 6.45) is 1.67. The third-order valence-electron chi connectivity index (χ3n) is 2.85. The largest absolute Gasteiger partial charge is 0.508 e. The summed E-state index contributed by atoms with van der Waals surface area (Å²) in [7, 11) is 0. The second-order valence-electron chi connectivity index (χ2n) is 4.12. The summed E-state index contributed by atoms with van der Waals surface area (Å²) in [5, 5.41) is 9.59. The zero-order valence-corrected chi connectivity index (χ0v) is 8.60. The van der Waals surface area contributed by atoms with Crippen LogP contribution in [0, 0.1) is 5.92 Å². The van der Waals surface area contributed by atoms with Gasteiger partial charge in [-0.1, -0.05) is 25.1 Å². The first-order chi connectivity index (χ1) is 6.68. The lowest BCUT2D eigenvalue weighted by Gasteiger charge is -2.09. The van der Waals surface area contributed by atoms with E-state index in [1.165, 1.54) is 0 Å². The van der Waals surface area contributed by atoms with Crippen molar-refractivity contribution in [2.24, 2.45) is 5.92 Å². The Balaban J connectivity index is 2.00. The molecule has 2 heteroatoms. The molecule has 76 valence electrons. The Labute approximate surface area is 84.5 Å². The minimum atomic E-state index is 0.384. The Bertz CT molecular complexity index is 322. The normalized spacial score (nSPS) is 27.3. The molecule has 1 aliphatic heterocycles. The highest BCUT2D eigenvalue weighted by molar-refractivity contribution is 5.32. The monoisotopic (exact) mass is 192 g/mol. The number of phenols is 1. The van der Waals surface area contributed by atoms with Crippen LogP contribution in [0.25, 0.3) is 0 Å². The summed E-state index contributed by atoms with van der Waals surface area (Å²) in [6, 6.07) is 7.51. The van der Waals surface area contributed by atoms with Crippen LogP contribution in [0.4, 0.5) is 0 Å². The van der Waals surface area contributed by atoms with Crippen LogP contribution in [-0.4, -0.2) is 17.3 Å². The van der Waals surface area contributed by atoms with Crippen LogP contribution in [0.2, 0.25) is 0 Å². The maximum absolute atomic E-state index is 9.59. The number of phenolic OH excluding ortho intramolecular Hbond substituents is 1. The average Bonchev–Trinajstić information content (AvgIpc) is 2.87. The third kappa shape index (κ3) is 1.90. The van der Waals surface area contributed by atoms with Crippen molar-refractivity contribution >= 4 is 0 Å². The first-order valence-electron chi connectivity index (χ1n) is 5.11. The first-order valence-corrected chi connectivity index (χ1v) is 5.11. The molecule has 0 aromatic heterocycles. The third-order valence-corrected chi connectivity index (χ3v) is 2.85. The molecule has 1 saturated heterocycles. The Morgan fingerprint density at radius 1 is 1.43 bits per heavy atom. The number of hydrogen-bond acceptors (Lipinski definition) is 2. The van der Waals surface area contributed by atoms with Gasteiger partial charge in [-0.05, 0) is 30.9 Å². The molecular formula is C12H16O2. The van der Waals surface area contributed by atoms with Gasteiger partial charge in [0.1, 0.15) is 5.75 Å². The van der Waals surface area contributed by atoms with Crippen molar-refractivity contribution in [3.05, 3.63) is 29.8 Å². The summed E-state index contributed by atoms with van der Waals surface area (Å²) in [6.45, 7) is 4.26. The van der Waals surface area contributed by atoms with E-state index in [-0.39, 0.29) is 0 Å². The van der Waals surface area contributed by atoms with E-state index in [2.05, 4.69) is 13.8 Å². The fourth-order valence-electron chi connectivity index (χ4n) is 1.95. The molecule has 1 N–H and O–H groups in total. The lowest BCUT2D eigenvalue weighted by molar-refractivity contribution is 0.326. The van der Waals surface area contributed by atoms with Crippen molar-refractivity contribution in [3.8, 4) is 5.75 Å². The molecule has 3 atom stereocenters. The van der Waals surface area contributed by atoms with E-state index in [1.807, 2.05) is 18.2 Å². The molecule has 1 aliphatic rings. The number of hydrogen-bond donors (Lipinski definition) is 1. The van der Waals surface area contributed by atoms with Crippen molar-refractivity contribution < 1.29 is 9.84 Å². The van der Waals surface area contributed by atoms with Gasteiger partial charge in [0.25, 0.3) is 0 Å². The van der Waals surface area contributed by atoms with Gasteiger partial charge in [0.15, 0.2) is 0 Å². The Kier molecular flexibility index (Phi) is 2.46. The SMILES string of the molecule is CC(Cc1ccccc1O)C1OC1C. The van der Waals surface area contributed by atoms with E-state index < -0.39 is 0 Å². The van der Waals surface area contributed by atoms with Gasteiger partial charge < -0.3 is 9.84 Å². The summed E-state index contributed by atoms with van der Waals surface area (Å²) < 4.78 is 5.41. The van der Waals surface area contributed by atoms with Crippen LogP contribution in [0.1, 0.15) is 19.4 Å². The molecule has 0 radical (unpaired) electrons. The van der Waals surface area contributed by atoms with Crippen LogP contribution in [-0.2, 0) is 11.2 Å². The Morgan fingerprint density at radius 3 is 2.64 bits per heavy atom. The van der Waals surface area contributed by atoms with Gasteiger partial charge in [0.05, 0.1) is 12.2 Å². The minimum Gasteiger partial charge on any atom is -0.508 e. The van der Waals surface area contributed by atoms with Gasteiger partial charge in [-0.2, -0.15) is 0 Å². The van der Waals surface area contributed by atoms with E-state index in [0.717, 1.165) is 12.0 Å². The van der Waals surface area contributed by atoms with Crippen LogP contribution in [0.15, 0.2) is 24.3 Å². The summed E-state index contributed by atoms with van der Waals surface area (Å²) in [4.78, 5) is 0. The molecule has 0 bridgehead atoms. The van der Waals surface area contributed by atoms with Gasteiger partial charge in [-0.25, -0.2) is 0 Å². The number of ether oxygens (including phenoxy) is 1. The van der Waals surface area contributed by atoms with Crippen molar-refractivity contribution in [1.29, 1.82) is 0 Å². The second-order valence-corrected chi connectivity index (χ2v) is 4.12. The molecule has 1 aromatic carbocycles. The lowest BCUT2D eigenvalue weighted by Crippen LogP contribution is -2.09. The van der Waals surface area contributed by atoms with E-state index in [1.54, 1.807) is 6.07 Å². The van der Waals surface area contributed by atoms with Gasteiger partial charge in [0, 0.05) is 0 Å². The van der Waals surface area contributed by atoms with Gasteiger partial charge in [0.2, 0.25) is 0 Å². The fraction of sp³-hybridized carbons (Fsp3) is 0.500. The second kappa shape index (κ2) is 3.62. The molecule has 2 rings (SSSR count). The van der Waals surface area contributed by atoms with E-state index in [9.17, 15) is 5.11 Å². The number of epoxide rings is 1. The molecule has 0 aliphatic carbocycles. The average molecular weight is 192 g/mol. The molecule has 1 heterocycles. The number of benzene rings is 1. The van der Waals surface area contributed by atoms with Crippen molar-refractivity contribution in [3.63, 3.8) is 0 Å². The standard InChI is InChI=1S/C12H16O2/c1-8(12-9(2)14-12)7-10-5-3-4-6-11(10)13/h3-6,8-9,12-13H,7H2,1-2H3. The van der Waals surface area contributed by atoms with Gasteiger partial charge in [-0.15, -0.1) is 0 Å². The minimum absolute atomic E-state index is 0.384. The molecule has 1 fully saturated rings. The molecule has 1 aromatic rings. The summed E-state index contributed by atoms with van der Waals surface area (Å²) in [5.41, 5.74) is 1.02. The molecule has 2 nitrogen and oxygen atoms in total. The van der Waals surface area contributed by atoms with Crippen molar-refractivity contribution in [2.75, 3.05) is 0 Å². The predicted molar refractivity (Wildman–Crippen MR) is 55.3 cm³/mol. The lowest BCUT2D eigenvalue weighted by atomic mass is 9.96. The fourth-order valence-corrected chi connectivity index (χ4v) is 1.95. The van der Waals surface area contributed by atoms with Crippen molar-refractivity contribution in [2.45, 2.75) is 32.5 Å². The predicted octanol–water partition coefficient (Wildman–Crippen LogP) is 2.36. The summed E-state index contributed by atoms with van der Waals surface area (Å²) in [5.74, 6) is 0.881. The number of aromatic hydroxyl groups is 1. The smallest absolute Gasteiger partial charge is 0.118 e. The first kappa shape index (κ1) is 9.53. The molecular weight excluding hydrogens is 176 g/mol. The number of rotatable bonds is 3. The highest BCUT2D eigenvalue weighted by Gasteiger charge is 2.38. The maximum atomic E-state index is 9.59. The highest BCUT2D eigenvalue weighted by Crippen LogP contribution is 2.32. The number of para-hydroxylation sites is 1. The molecule has 0 saturated carbocycles. The summed E-state index contributed by atoms with van der Waals surface area (Å²) >= 11 is 0. The van der Waals surface area contributed by atoms with E-state index in [4.69, 9.17) is 4.74 Å². The Morgan fingerprint density at radius 2 is 2.07 bits per heavy atom.